The summed E-state index contributed by atoms with van der Waals surface area (Å²) in [5, 5.41) is 2.90. The average Bonchev–Trinajstić information content (AvgIpc) is 3.09. The SMILES string of the molecule is NCC1CCCC1C(=O)NCCC(=O)N1CCCC1. The predicted molar refractivity (Wildman–Crippen MR) is 73.3 cm³/mol. The summed E-state index contributed by atoms with van der Waals surface area (Å²) in [5.74, 6) is 0.642. The first-order valence-corrected chi connectivity index (χ1v) is 7.48. The second-order valence-electron chi connectivity index (χ2n) is 5.66. The van der Waals surface area contributed by atoms with Crippen molar-refractivity contribution in [1.29, 1.82) is 0 Å². The Morgan fingerprint density at radius 2 is 1.89 bits per heavy atom. The number of nitrogens with two attached hydrogens (primary N) is 1. The summed E-state index contributed by atoms with van der Waals surface area (Å²) in [4.78, 5) is 25.7. The van der Waals surface area contributed by atoms with Crippen molar-refractivity contribution in [1.82, 2.24) is 10.2 Å². The number of carbonyl (C=O) groups excluding carboxylic acids is 2. The third kappa shape index (κ3) is 3.69. The van der Waals surface area contributed by atoms with Crippen LogP contribution in [0, 0.1) is 11.8 Å². The molecule has 0 aromatic carbocycles. The molecular formula is C14H25N3O2. The lowest BCUT2D eigenvalue weighted by Crippen LogP contribution is -2.37. The molecule has 3 N–H and O–H groups in total. The van der Waals surface area contributed by atoms with Gasteiger partial charge in [0.25, 0.3) is 0 Å². The summed E-state index contributed by atoms with van der Waals surface area (Å²) >= 11 is 0. The molecule has 5 heteroatoms. The molecule has 19 heavy (non-hydrogen) atoms. The lowest BCUT2D eigenvalue weighted by Gasteiger charge is -2.18. The molecule has 0 spiro atoms. The molecule has 1 heterocycles. The second kappa shape index (κ2) is 6.89. The van der Waals surface area contributed by atoms with E-state index < -0.39 is 0 Å². The molecule has 2 atom stereocenters. The average molecular weight is 267 g/mol. The molecule has 2 amide bonds. The van der Waals surface area contributed by atoms with E-state index in [0.717, 1.165) is 45.2 Å². The highest BCUT2D eigenvalue weighted by molar-refractivity contribution is 5.81. The summed E-state index contributed by atoms with van der Waals surface area (Å²) in [5.41, 5.74) is 5.68. The molecule has 0 bridgehead atoms. The van der Waals surface area contributed by atoms with Crippen LogP contribution in [0.15, 0.2) is 0 Å². The van der Waals surface area contributed by atoms with E-state index in [9.17, 15) is 9.59 Å². The number of nitrogens with one attached hydrogen (secondary N) is 1. The van der Waals surface area contributed by atoms with E-state index in [1.165, 1.54) is 0 Å². The smallest absolute Gasteiger partial charge is 0.224 e. The first-order valence-electron chi connectivity index (χ1n) is 7.48. The van der Waals surface area contributed by atoms with E-state index in [0.29, 0.717) is 25.4 Å². The van der Waals surface area contributed by atoms with E-state index in [4.69, 9.17) is 5.73 Å². The third-order valence-electron chi connectivity index (χ3n) is 4.40. The zero-order valence-electron chi connectivity index (χ0n) is 11.6. The van der Waals surface area contributed by atoms with Crippen LogP contribution in [-0.4, -0.2) is 42.9 Å². The van der Waals surface area contributed by atoms with Gasteiger partial charge in [-0.1, -0.05) is 6.42 Å². The lowest BCUT2D eigenvalue weighted by molar-refractivity contribution is -0.130. The monoisotopic (exact) mass is 267 g/mol. The first kappa shape index (κ1) is 14.3. The molecule has 0 aromatic heterocycles. The number of likely N-dealkylation sites (tertiary alicyclic amines) is 1. The zero-order valence-corrected chi connectivity index (χ0v) is 11.6. The Morgan fingerprint density at radius 3 is 2.58 bits per heavy atom. The molecule has 108 valence electrons. The van der Waals surface area contributed by atoms with Gasteiger partial charge in [-0.3, -0.25) is 9.59 Å². The molecule has 2 fully saturated rings. The van der Waals surface area contributed by atoms with Crippen LogP contribution in [0.2, 0.25) is 0 Å². The van der Waals surface area contributed by atoms with Crippen LogP contribution in [0.1, 0.15) is 38.5 Å². The maximum absolute atomic E-state index is 12.0. The standard InChI is InChI=1S/C14H25N3O2/c15-10-11-4-3-5-12(11)14(19)16-7-6-13(18)17-8-1-2-9-17/h11-12H,1-10,15H2,(H,16,19). The van der Waals surface area contributed by atoms with E-state index in [2.05, 4.69) is 5.32 Å². The number of rotatable bonds is 5. The fraction of sp³-hybridized carbons (Fsp3) is 0.857. The molecule has 0 radical (unpaired) electrons. The summed E-state index contributed by atoms with van der Waals surface area (Å²) in [6.07, 6.45) is 5.73. The fourth-order valence-corrected chi connectivity index (χ4v) is 3.21. The molecule has 2 rings (SSSR count). The largest absolute Gasteiger partial charge is 0.355 e. The van der Waals surface area contributed by atoms with Crippen LogP contribution in [0.25, 0.3) is 0 Å². The second-order valence-corrected chi connectivity index (χ2v) is 5.66. The number of amides is 2. The van der Waals surface area contributed by atoms with Crippen molar-refractivity contribution in [2.75, 3.05) is 26.2 Å². The molecular weight excluding hydrogens is 242 g/mol. The normalized spacial score (nSPS) is 26.7. The summed E-state index contributed by atoms with van der Waals surface area (Å²) in [7, 11) is 0. The minimum absolute atomic E-state index is 0.0619. The molecule has 2 aliphatic rings. The van der Waals surface area contributed by atoms with Gasteiger partial charge in [0.05, 0.1) is 0 Å². The van der Waals surface area contributed by atoms with Gasteiger partial charge in [-0.15, -0.1) is 0 Å². The fourth-order valence-electron chi connectivity index (χ4n) is 3.21. The Hall–Kier alpha value is -1.10. The van der Waals surface area contributed by atoms with E-state index in [-0.39, 0.29) is 17.7 Å². The minimum Gasteiger partial charge on any atom is -0.355 e. The van der Waals surface area contributed by atoms with Crippen LogP contribution in [0.3, 0.4) is 0 Å². The van der Waals surface area contributed by atoms with Gasteiger partial charge in [0.15, 0.2) is 0 Å². The van der Waals surface area contributed by atoms with E-state index in [1.54, 1.807) is 0 Å². The van der Waals surface area contributed by atoms with Gasteiger partial charge in [0.1, 0.15) is 0 Å². The molecule has 0 aromatic rings. The van der Waals surface area contributed by atoms with Gasteiger partial charge >= 0.3 is 0 Å². The Balaban J connectivity index is 1.67. The van der Waals surface area contributed by atoms with Crippen molar-refractivity contribution in [3.8, 4) is 0 Å². The number of hydrogen-bond donors (Lipinski definition) is 2. The zero-order chi connectivity index (χ0) is 13.7. The topological polar surface area (TPSA) is 75.4 Å². The van der Waals surface area contributed by atoms with Crippen molar-refractivity contribution in [2.24, 2.45) is 17.6 Å². The van der Waals surface area contributed by atoms with Gasteiger partial charge in [0.2, 0.25) is 11.8 Å². The van der Waals surface area contributed by atoms with Crippen LogP contribution in [-0.2, 0) is 9.59 Å². The maximum atomic E-state index is 12.0. The van der Waals surface area contributed by atoms with Crippen molar-refractivity contribution in [3.63, 3.8) is 0 Å². The predicted octanol–water partition coefficient (Wildman–Crippen LogP) is 0.490. The Morgan fingerprint density at radius 1 is 1.16 bits per heavy atom. The van der Waals surface area contributed by atoms with Crippen LogP contribution >= 0.6 is 0 Å². The molecule has 5 nitrogen and oxygen atoms in total. The quantitative estimate of drug-likeness (QED) is 0.761. The molecule has 1 saturated carbocycles. The van der Waals surface area contributed by atoms with Crippen molar-refractivity contribution in [2.45, 2.75) is 38.5 Å². The minimum atomic E-state index is 0.0619. The third-order valence-corrected chi connectivity index (χ3v) is 4.40. The highest BCUT2D eigenvalue weighted by Crippen LogP contribution is 2.30. The van der Waals surface area contributed by atoms with Crippen LogP contribution in [0.5, 0.6) is 0 Å². The van der Waals surface area contributed by atoms with Gasteiger partial charge in [0, 0.05) is 32.0 Å². The highest BCUT2D eigenvalue weighted by atomic mass is 16.2. The maximum Gasteiger partial charge on any atom is 0.224 e. The van der Waals surface area contributed by atoms with Crippen LogP contribution in [0.4, 0.5) is 0 Å². The molecule has 1 saturated heterocycles. The Labute approximate surface area is 114 Å². The van der Waals surface area contributed by atoms with Crippen molar-refractivity contribution >= 4 is 11.8 Å². The van der Waals surface area contributed by atoms with E-state index in [1.807, 2.05) is 4.90 Å². The molecule has 1 aliphatic carbocycles. The highest BCUT2D eigenvalue weighted by Gasteiger charge is 2.31. The Bertz CT molecular complexity index is 327. The summed E-state index contributed by atoms with van der Waals surface area (Å²) in [6, 6.07) is 0. The van der Waals surface area contributed by atoms with Gasteiger partial charge in [-0.2, -0.15) is 0 Å². The Kier molecular flexibility index (Phi) is 5.19. The molecule has 1 aliphatic heterocycles. The number of carbonyl (C=O) groups is 2. The van der Waals surface area contributed by atoms with Crippen molar-refractivity contribution < 1.29 is 9.59 Å². The van der Waals surface area contributed by atoms with Crippen molar-refractivity contribution in [3.05, 3.63) is 0 Å². The number of hydrogen-bond acceptors (Lipinski definition) is 3. The van der Waals surface area contributed by atoms with Gasteiger partial charge in [-0.25, -0.2) is 0 Å². The number of nitrogens with zero attached hydrogens (tertiary/aromatic N) is 1. The van der Waals surface area contributed by atoms with Gasteiger partial charge < -0.3 is 16.0 Å². The van der Waals surface area contributed by atoms with E-state index >= 15 is 0 Å². The summed E-state index contributed by atoms with van der Waals surface area (Å²) < 4.78 is 0. The summed E-state index contributed by atoms with van der Waals surface area (Å²) in [6.45, 7) is 2.81. The first-order chi connectivity index (χ1) is 9.22. The molecule has 2 unspecified atom stereocenters. The lowest BCUT2D eigenvalue weighted by atomic mass is 9.95. The van der Waals surface area contributed by atoms with Crippen LogP contribution < -0.4 is 11.1 Å². The van der Waals surface area contributed by atoms with Gasteiger partial charge in [-0.05, 0) is 38.1 Å².